The average Bonchev–Trinajstić information content (AvgIpc) is 3.52. The molecule has 2 N–H and O–H groups in total. The molecule has 244 valence electrons. The van der Waals surface area contributed by atoms with Crippen LogP contribution in [0.25, 0.3) is 0 Å². The van der Waals surface area contributed by atoms with Gasteiger partial charge in [0.1, 0.15) is 5.25 Å². The van der Waals surface area contributed by atoms with Crippen LogP contribution in [-0.2, 0) is 20.6 Å². The summed E-state index contributed by atoms with van der Waals surface area (Å²) in [6.07, 6.45) is -4.68. The molecule has 3 atom stereocenters. The number of fused-ring (bicyclic) bond motifs is 2. The molecule has 1 aromatic heterocycles. The minimum Gasteiger partial charge on any atom is -0.490 e. The van der Waals surface area contributed by atoms with E-state index in [1.54, 1.807) is 31.2 Å². The molecule has 6 rings (SSSR count). The summed E-state index contributed by atoms with van der Waals surface area (Å²) in [4.78, 5) is 56.3. The van der Waals surface area contributed by atoms with E-state index >= 15 is 0 Å². The molecule has 47 heavy (non-hydrogen) atoms. The zero-order valence-electron chi connectivity index (χ0n) is 24.0. The Labute approximate surface area is 283 Å². The highest BCUT2D eigenvalue weighted by molar-refractivity contribution is 8.00. The molecule has 1 saturated heterocycles. The van der Waals surface area contributed by atoms with Crippen LogP contribution in [0, 0.1) is 5.92 Å². The summed E-state index contributed by atoms with van der Waals surface area (Å²) in [7, 11) is 0. The topological polar surface area (TPSA) is 118 Å². The van der Waals surface area contributed by atoms with Gasteiger partial charge in [-0.2, -0.15) is 13.2 Å². The van der Waals surface area contributed by atoms with Crippen LogP contribution in [-0.4, -0.2) is 41.2 Å². The standard InChI is InChI=1S/C31H22Cl2F3N3O6S2/c1-2-44-21-10-14(6-9-20(21)45-13-22(40)37-16-7-8-18(32)19(33)12-16)23-24-26(46-27-25(23)47-30(43)38-27)29(42)39(28(24)41)17-5-3-4-15(11-17)31(34,35)36/h3-12,23-24,26H,2,13H2,1H3,(H,37,40)(H,38,43). The number of thiazole rings is 1. The Morgan fingerprint density at radius 3 is 2.49 bits per heavy atom. The first-order chi connectivity index (χ1) is 22.3. The van der Waals surface area contributed by atoms with Crippen LogP contribution in [0.5, 0.6) is 11.5 Å². The number of benzene rings is 3. The Morgan fingerprint density at radius 1 is 0.979 bits per heavy atom. The number of aromatic amines is 1. The molecule has 0 radical (unpaired) electrons. The molecule has 3 amide bonds. The molecule has 0 spiro atoms. The number of anilines is 2. The number of aromatic nitrogens is 1. The van der Waals surface area contributed by atoms with Gasteiger partial charge < -0.3 is 19.8 Å². The first-order valence-corrected chi connectivity index (χ1v) is 16.4. The highest BCUT2D eigenvalue weighted by Gasteiger charge is 2.56. The molecule has 3 aromatic carbocycles. The Kier molecular flexibility index (Phi) is 9.04. The number of carbonyl (C=O) groups excluding carboxylic acids is 3. The first kappa shape index (κ1) is 32.9. The maximum Gasteiger partial charge on any atom is 0.416 e. The van der Waals surface area contributed by atoms with Crippen LogP contribution >= 0.6 is 46.3 Å². The largest absolute Gasteiger partial charge is 0.490 e. The number of imide groups is 1. The molecule has 4 aromatic rings. The van der Waals surface area contributed by atoms with Crippen molar-refractivity contribution in [2.75, 3.05) is 23.4 Å². The number of halogens is 5. The second-order valence-electron chi connectivity index (χ2n) is 10.4. The van der Waals surface area contributed by atoms with E-state index in [1.165, 1.54) is 18.2 Å². The Morgan fingerprint density at radius 2 is 1.77 bits per heavy atom. The molecule has 2 aliphatic rings. The predicted octanol–water partition coefficient (Wildman–Crippen LogP) is 6.97. The molecular formula is C31H22Cl2F3N3O6S2. The minimum atomic E-state index is -4.68. The van der Waals surface area contributed by atoms with Crippen molar-refractivity contribution in [2.45, 2.75) is 29.3 Å². The third-order valence-electron chi connectivity index (χ3n) is 7.44. The SMILES string of the molecule is CCOc1cc(C2c3sc(=O)[nH]c3SC3C(=O)N(c4cccc(C(F)(F)F)c4)C(=O)C32)ccc1OCC(=O)Nc1ccc(Cl)c(Cl)c1. The fourth-order valence-corrected chi connectivity index (χ4v) is 8.29. The second-order valence-corrected chi connectivity index (χ2v) is 13.4. The van der Waals surface area contributed by atoms with Crippen molar-refractivity contribution in [3.05, 3.63) is 96.4 Å². The summed E-state index contributed by atoms with van der Waals surface area (Å²) in [6, 6.07) is 13.4. The summed E-state index contributed by atoms with van der Waals surface area (Å²) in [5.41, 5.74) is -0.284. The van der Waals surface area contributed by atoms with Gasteiger partial charge in [0, 0.05) is 16.5 Å². The summed E-state index contributed by atoms with van der Waals surface area (Å²) >= 11 is 13.8. The van der Waals surface area contributed by atoms with Crippen LogP contribution in [0.2, 0.25) is 10.0 Å². The van der Waals surface area contributed by atoms with Gasteiger partial charge in [-0.1, -0.05) is 58.4 Å². The first-order valence-electron chi connectivity index (χ1n) is 13.9. The van der Waals surface area contributed by atoms with Gasteiger partial charge in [-0.25, -0.2) is 4.90 Å². The van der Waals surface area contributed by atoms with Gasteiger partial charge in [-0.3, -0.25) is 19.2 Å². The third kappa shape index (κ3) is 6.47. The van der Waals surface area contributed by atoms with E-state index in [-0.39, 0.29) is 33.7 Å². The fourth-order valence-electron chi connectivity index (χ4n) is 5.47. The van der Waals surface area contributed by atoms with Crippen LogP contribution in [0.15, 0.2) is 70.5 Å². The monoisotopic (exact) mass is 723 g/mol. The molecule has 3 unspecified atom stereocenters. The molecule has 2 aliphatic heterocycles. The number of nitrogens with one attached hydrogen (secondary N) is 2. The van der Waals surface area contributed by atoms with Crippen LogP contribution in [0.4, 0.5) is 24.5 Å². The van der Waals surface area contributed by atoms with E-state index in [1.807, 2.05) is 0 Å². The summed E-state index contributed by atoms with van der Waals surface area (Å²) in [6.45, 7) is 1.56. The number of hydrogen-bond acceptors (Lipinski definition) is 8. The smallest absolute Gasteiger partial charge is 0.416 e. The lowest BCUT2D eigenvalue weighted by atomic mass is 9.83. The number of ether oxygens (including phenoxy) is 2. The Balaban J connectivity index is 1.31. The summed E-state index contributed by atoms with van der Waals surface area (Å²) < 4.78 is 52.0. The molecular weight excluding hydrogens is 702 g/mol. The maximum atomic E-state index is 14.0. The fraction of sp³-hybridized carbons (Fsp3) is 0.226. The van der Waals surface area contributed by atoms with Crippen molar-refractivity contribution in [3.63, 3.8) is 0 Å². The number of H-pyrrole nitrogens is 1. The molecule has 0 saturated carbocycles. The second kappa shape index (κ2) is 12.9. The quantitative estimate of drug-likeness (QED) is 0.189. The number of thioether (sulfide) groups is 1. The van der Waals surface area contributed by atoms with Crippen molar-refractivity contribution in [2.24, 2.45) is 5.92 Å². The average molecular weight is 725 g/mol. The predicted molar refractivity (Wildman–Crippen MR) is 172 cm³/mol. The van der Waals surface area contributed by atoms with E-state index in [0.717, 1.165) is 46.2 Å². The van der Waals surface area contributed by atoms with Crippen molar-refractivity contribution >= 4 is 75.4 Å². The van der Waals surface area contributed by atoms with E-state index in [0.29, 0.717) is 26.2 Å². The zero-order chi connectivity index (χ0) is 33.6. The van der Waals surface area contributed by atoms with Crippen LogP contribution in [0.1, 0.15) is 28.8 Å². The van der Waals surface area contributed by atoms with Crippen molar-refractivity contribution in [1.29, 1.82) is 0 Å². The van der Waals surface area contributed by atoms with Gasteiger partial charge in [0.15, 0.2) is 18.1 Å². The van der Waals surface area contributed by atoms with Gasteiger partial charge in [-0.15, -0.1) is 0 Å². The van der Waals surface area contributed by atoms with E-state index in [2.05, 4.69) is 10.3 Å². The highest BCUT2D eigenvalue weighted by Crippen LogP contribution is 2.54. The molecule has 16 heteroatoms. The molecule has 9 nitrogen and oxygen atoms in total. The Hall–Kier alpha value is -3.98. The van der Waals surface area contributed by atoms with Gasteiger partial charge in [-0.05, 0) is 61.0 Å². The van der Waals surface area contributed by atoms with Crippen LogP contribution < -0.4 is 24.6 Å². The number of carbonyl (C=O) groups is 3. The van der Waals surface area contributed by atoms with Crippen molar-refractivity contribution in [3.8, 4) is 11.5 Å². The Bertz CT molecular complexity index is 1970. The molecule has 1 fully saturated rings. The number of rotatable bonds is 8. The van der Waals surface area contributed by atoms with E-state index in [4.69, 9.17) is 32.7 Å². The number of alkyl halides is 3. The van der Waals surface area contributed by atoms with E-state index in [9.17, 15) is 32.3 Å². The molecule has 0 bridgehead atoms. The zero-order valence-corrected chi connectivity index (χ0v) is 27.2. The molecule has 0 aliphatic carbocycles. The molecule has 3 heterocycles. The lowest BCUT2D eigenvalue weighted by Gasteiger charge is -2.30. The highest BCUT2D eigenvalue weighted by atomic mass is 35.5. The van der Waals surface area contributed by atoms with Gasteiger partial charge in [0.2, 0.25) is 11.8 Å². The number of nitrogens with zero attached hydrogens (tertiary/aromatic N) is 1. The van der Waals surface area contributed by atoms with Crippen molar-refractivity contribution in [1.82, 2.24) is 4.98 Å². The normalized spacial score (nSPS) is 18.9. The summed E-state index contributed by atoms with van der Waals surface area (Å²) in [5.74, 6) is -3.29. The number of hydrogen-bond donors (Lipinski definition) is 2. The minimum absolute atomic E-state index is 0.196. The van der Waals surface area contributed by atoms with Gasteiger partial charge in [0.25, 0.3) is 5.91 Å². The van der Waals surface area contributed by atoms with Crippen LogP contribution in [0.3, 0.4) is 0 Å². The van der Waals surface area contributed by atoms with Gasteiger partial charge in [0.05, 0.1) is 38.8 Å². The summed E-state index contributed by atoms with van der Waals surface area (Å²) in [5, 5.41) is 2.63. The lowest BCUT2D eigenvalue weighted by Crippen LogP contribution is -2.32. The number of amides is 3. The van der Waals surface area contributed by atoms with E-state index < -0.39 is 53.2 Å². The maximum absolute atomic E-state index is 14.0. The lowest BCUT2D eigenvalue weighted by molar-refractivity contribution is -0.137. The third-order valence-corrected chi connectivity index (χ3v) is 10.6. The van der Waals surface area contributed by atoms with Crippen molar-refractivity contribution < 1.29 is 37.0 Å². The van der Waals surface area contributed by atoms with Gasteiger partial charge >= 0.3 is 11.0 Å².